The fourth-order valence-electron chi connectivity index (χ4n) is 2.19. The van der Waals surface area contributed by atoms with Crippen molar-refractivity contribution in [2.75, 3.05) is 5.73 Å². The van der Waals surface area contributed by atoms with Crippen LogP contribution in [-0.4, -0.2) is 39.1 Å². The highest BCUT2D eigenvalue weighted by atomic mass is 16.4. The van der Waals surface area contributed by atoms with Crippen LogP contribution in [-0.2, 0) is 6.42 Å². The summed E-state index contributed by atoms with van der Waals surface area (Å²) in [5.41, 5.74) is 7.29. The van der Waals surface area contributed by atoms with Crippen LogP contribution in [0.4, 0.5) is 5.69 Å². The fourth-order valence-corrected chi connectivity index (χ4v) is 2.19. The largest absolute Gasteiger partial charge is 0.507 e. The van der Waals surface area contributed by atoms with E-state index >= 15 is 0 Å². The molecule has 7 nitrogen and oxygen atoms in total. The van der Waals surface area contributed by atoms with E-state index in [9.17, 15) is 19.9 Å². The zero-order valence-corrected chi connectivity index (χ0v) is 12.6. The van der Waals surface area contributed by atoms with E-state index in [1.165, 1.54) is 18.5 Å². The van der Waals surface area contributed by atoms with Gasteiger partial charge in [-0.2, -0.15) is 0 Å². The molecule has 0 saturated heterocycles. The predicted octanol–water partition coefficient (Wildman–Crippen LogP) is 0.0309. The molecule has 0 aliphatic rings. The van der Waals surface area contributed by atoms with Crippen LogP contribution in [0.2, 0.25) is 0 Å². The second kappa shape index (κ2) is 7.12. The molecule has 0 fully saturated rings. The normalized spacial score (nSPS) is 11.8. The second-order valence-electron chi connectivity index (χ2n) is 5.29. The van der Waals surface area contributed by atoms with Crippen LogP contribution in [0, 0.1) is 6.92 Å². The Morgan fingerprint density at radius 2 is 2.13 bits per heavy atom. The number of benzene rings is 1. The average Bonchev–Trinajstić information content (AvgIpc) is 2.50. The molecule has 0 saturated carbocycles. The number of nitrogens with one attached hydrogen (secondary N) is 1. The SMILES string of the molecule is Cc1cccc(C[C@H](NC(=O)c2cncc(N)c2)B(O)O)c1O. The number of anilines is 1. The molecule has 1 atom stereocenters. The number of amides is 1. The molecule has 6 N–H and O–H groups in total. The molecule has 0 aliphatic heterocycles. The van der Waals surface area contributed by atoms with E-state index in [0.29, 0.717) is 16.8 Å². The summed E-state index contributed by atoms with van der Waals surface area (Å²) >= 11 is 0. The first kappa shape index (κ1) is 16.8. The van der Waals surface area contributed by atoms with Gasteiger partial charge in [0.15, 0.2) is 0 Å². The molecule has 1 heterocycles. The second-order valence-corrected chi connectivity index (χ2v) is 5.29. The number of aryl methyl sites for hydroxylation is 1. The van der Waals surface area contributed by atoms with Crippen LogP contribution in [0.25, 0.3) is 0 Å². The minimum Gasteiger partial charge on any atom is -0.507 e. The number of hydrogen-bond donors (Lipinski definition) is 5. The van der Waals surface area contributed by atoms with Crippen LogP contribution in [0.15, 0.2) is 36.7 Å². The smallest absolute Gasteiger partial charge is 0.475 e. The van der Waals surface area contributed by atoms with E-state index < -0.39 is 19.0 Å². The molecule has 0 spiro atoms. The van der Waals surface area contributed by atoms with E-state index in [1.54, 1.807) is 25.1 Å². The van der Waals surface area contributed by atoms with Crippen LogP contribution >= 0.6 is 0 Å². The Morgan fingerprint density at radius 3 is 2.78 bits per heavy atom. The minimum absolute atomic E-state index is 0.0622. The Labute approximate surface area is 133 Å². The van der Waals surface area contributed by atoms with Gasteiger partial charge in [0.25, 0.3) is 5.91 Å². The molecule has 1 aromatic heterocycles. The molecular formula is C15H18BN3O4. The van der Waals surface area contributed by atoms with Crippen molar-refractivity contribution in [2.45, 2.75) is 19.3 Å². The topological polar surface area (TPSA) is 129 Å². The molecule has 2 aromatic rings. The summed E-state index contributed by atoms with van der Waals surface area (Å²) in [6.07, 6.45) is 2.79. The number of phenolic OH excluding ortho intramolecular Hbond substituents is 1. The van der Waals surface area contributed by atoms with Crippen LogP contribution < -0.4 is 11.1 Å². The number of phenols is 1. The first-order valence-corrected chi connectivity index (χ1v) is 7.03. The van der Waals surface area contributed by atoms with E-state index in [-0.39, 0.29) is 17.7 Å². The zero-order valence-electron chi connectivity index (χ0n) is 12.6. The maximum absolute atomic E-state index is 12.2. The van der Waals surface area contributed by atoms with E-state index in [1.807, 2.05) is 0 Å². The van der Waals surface area contributed by atoms with Gasteiger partial charge in [-0.3, -0.25) is 9.78 Å². The summed E-state index contributed by atoms with van der Waals surface area (Å²) in [6.45, 7) is 1.74. The summed E-state index contributed by atoms with van der Waals surface area (Å²) in [5, 5.41) is 31.5. The molecule has 0 bridgehead atoms. The van der Waals surface area contributed by atoms with E-state index in [0.717, 1.165) is 0 Å². The first-order chi connectivity index (χ1) is 10.9. The molecule has 8 heteroatoms. The summed E-state index contributed by atoms with van der Waals surface area (Å²) < 4.78 is 0. The third kappa shape index (κ3) is 4.21. The molecule has 1 amide bonds. The van der Waals surface area contributed by atoms with Crippen LogP contribution in [0.3, 0.4) is 0 Å². The Balaban J connectivity index is 2.16. The van der Waals surface area contributed by atoms with Crippen LogP contribution in [0.5, 0.6) is 5.75 Å². The number of rotatable bonds is 5. The quantitative estimate of drug-likeness (QED) is 0.495. The Morgan fingerprint density at radius 1 is 1.39 bits per heavy atom. The number of nitrogen functional groups attached to an aromatic ring is 1. The summed E-state index contributed by atoms with van der Waals surface area (Å²) in [7, 11) is -1.78. The van der Waals surface area contributed by atoms with Gasteiger partial charge in [0, 0.05) is 12.4 Å². The maximum Gasteiger partial charge on any atom is 0.475 e. The van der Waals surface area contributed by atoms with E-state index in [4.69, 9.17) is 5.73 Å². The number of carbonyl (C=O) groups excluding carboxylic acids is 1. The number of para-hydroxylation sites is 1. The highest BCUT2D eigenvalue weighted by Gasteiger charge is 2.27. The standard InChI is InChI=1S/C15H18BN3O4/c1-9-3-2-4-10(14(9)20)6-13(16(22)23)19-15(21)11-5-12(17)8-18-7-11/h2-5,7-8,13,20,22-23H,6,17H2,1H3,(H,19,21)/t13-/m0/s1. The lowest BCUT2D eigenvalue weighted by atomic mass is 9.75. The molecule has 120 valence electrons. The number of aromatic hydroxyl groups is 1. The van der Waals surface area contributed by atoms with Crippen molar-refractivity contribution in [3.8, 4) is 5.75 Å². The van der Waals surface area contributed by atoms with Gasteiger partial charge in [-0.1, -0.05) is 18.2 Å². The molecule has 0 radical (unpaired) electrons. The lowest BCUT2D eigenvalue weighted by Crippen LogP contribution is -2.48. The average molecular weight is 315 g/mol. The lowest BCUT2D eigenvalue weighted by Gasteiger charge is -2.19. The fraction of sp³-hybridized carbons (Fsp3) is 0.200. The Hall–Kier alpha value is -2.58. The van der Waals surface area contributed by atoms with Crippen molar-refractivity contribution in [1.29, 1.82) is 0 Å². The van der Waals surface area contributed by atoms with Gasteiger partial charge in [0.05, 0.1) is 17.2 Å². The van der Waals surface area contributed by atoms with Crippen molar-refractivity contribution in [3.63, 3.8) is 0 Å². The van der Waals surface area contributed by atoms with Crippen LogP contribution in [0.1, 0.15) is 21.5 Å². The number of pyridine rings is 1. The van der Waals surface area contributed by atoms with Crippen molar-refractivity contribution < 1.29 is 19.9 Å². The summed E-state index contributed by atoms with van der Waals surface area (Å²) in [6, 6.07) is 6.58. The molecule has 2 rings (SSSR count). The van der Waals surface area contributed by atoms with Gasteiger partial charge < -0.3 is 26.2 Å². The number of hydrogen-bond acceptors (Lipinski definition) is 6. The Kier molecular flexibility index (Phi) is 5.20. The van der Waals surface area contributed by atoms with Gasteiger partial charge in [-0.25, -0.2) is 0 Å². The van der Waals surface area contributed by atoms with Crippen molar-refractivity contribution >= 4 is 18.7 Å². The number of carbonyl (C=O) groups is 1. The summed E-state index contributed by atoms with van der Waals surface area (Å²) in [5.74, 6) is -1.45. The van der Waals surface area contributed by atoms with Crippen molar-refractivity contribution in [3.05, 3.63) is 53.3 Å². The molecule has 1 aromatic carbocycles. The number of nitrogens with zero attached hydrogens (tertiary/aromatic N) is 1. The molecular weight excluding hydrogens is 297 g/mol. The van der Waals surface area contributed by atoms with Gasteiger partial charge >= 0.3 is 7.12 Å². The molecule has 0 aliphatic carbocycles. The third-order valence-corrected chi connectivity index (χ3v) is 3.46. The van der Waals surface area contributed by atoms with Crippen molar-refractivity contribution in [1.82, 2.24) is 10.3 Å². The Bertz CT molecular complexity index is 709. The zero-order chi connectivity index (χ0) is 17.0. The van der Waals surface area contributed by atoms with Gasteiger partial charge in [0.2, 0.25) is 0 Å². The predicted molar refractivity (Wildman–Crippen MR) is 86.6 cm³/mol. The van der Waals surface area contributed by atoms with Crippen molar-refractivity contribution in [2.24, 2.45) is 0 Å². The highest BCUT2D eigenvalue weighted by molar-refractivity contribution is 6.43. The number of aromatic nitrogens is 1. The van der Waals surface area contributed by atoms with Gasteiger partial charge in [-0.05, 0) is 30.5 Å². The first-order valence-electron chi connectivity index (χ1n) is 7.03. The van der Waals surface area contributed by atoms with Gasteiger partial charge in [-0.15, -0.1) is 0 Å². The minimum atomic E-state index is -1.78. The van der Waals surface area contributed by atoms with Gasteiger partial charge in [0.1, 0.15) is 5.75 Å². The monoisotopic (exact) mass is 315 g/mol. The van der Waals surface area contributed by atoms with E-state index in [2.05, 4.69) is 10.3 Å². The maximum atomic E-state index is 12.2. The number of nitrogens with two attached hydrogens (primary N) is 1. The molecule has 0 unspecified atom stereocenters. The summed E-state index contributed by atoms with van der Waals surface area (Å²) in [4.78, 5) is 16.0. The highest BCUT2D eigenvalue weighted by Crippen LogP contribution is 2.23. The lowest BCUT2D eigenvalue weighted by molar-refractivity contribution is 0.0941. The molecule has 23 heavy (non-hydrogen) atoms. The third-order valence-electron chi connectivity index (χ3n) is 3.46.